The molecule has 2 fully saturated rings. The number of piperidine rings is 1. The molecule has 25 heavy (non-hydrogen) atoms. The molecule has 0 N–H and O–H groups in total. The molecule has 2 heterocycles. The standard InChI is InChI=1S/C19H28F3N3/c1-2-8-23-9-4-7-18(15-23)25-12-10-24(11-13-25)17-6-3-5-16(14-17)19(20,21)22/h3,5-6,14,18H,2,4,7-13,15H2,1H3/t18-/m1/s1. The highest BCUT2D eigenvalue weighted by Gasteiger charge is 2.32. The average molecular weight is 355 g/mol. The van der Waals surface area contributed by atoms with Crippen LogP contribution >= 0.6 is 0 Å². The second kappa shape index (κ2) is 7.96. The first-order valence-corrected chi connectivity index (χ1v) is 9.36. The zero-order valence-corrected chi connectivity index (χ0v) is 14.9. The van der Waals surface area contributed by atoms with Gasteiger partial charge < -0.3 is 9.80 Å². The van der Waals surface area contributed by atoms with Crippen molar-refractivity contribution in [1.29, 1.82) is 0 Å². The van der Waals surface area contributed by atoms with E-state index in [-0.39, 0.29) is 0 Å². The molecule has 1 aromatic rings. The first kappa shape index (κ1) is 18.5. The largest absolute Gasteiger partial charge is 0.416 e. The topological polar surface area (TPSA) is 9.72 Å². The third kappa shape index (κ3) is 4.67. The van der Waals surface area contributed by atoms with E-state index in [1.807, 2.05) is 0 Å². The highest BCUT2D eigenvalue weighted by Crippen LogP contribution is 2.32. The Kier molecular flexibility index (Phi) is 5.89. The summed E-state index contributed by atoms with van der Waals surface area (Å²) >= 11 is 0. The molecule has 0 bridgehead atoms. The van der Waals surface area contributed by atoms with E-state index >= 15 is 0 Å². The Morgan fingerprint density at radius 3 is 2.52 bits per heavy atom. The fourth-order valence-corrected chi connectivity index (χ4v) is 4.07. The molecule has 0 aliphatic carbocycles. The molecule has 2 aliphatic heterocycles. The third-order valence-electron chi connectivity index (χ3n) is 5.39. The summed E-state index contributed by atoms with van der Waals surface area (Å²) in [6.07, 6.45) is -0.596. The van der Waals surface area contributed by atoms with Crippen LogP contribution in [0.2, 0.25) is 0 Å². The van der Waals surface area contributed by atoms with Gasteiger partial charge in [0.25, 0.3) is 0 Å². The van der Waals surface area contributed by atoms with Gasteiger partial charge in [-0.05, 0) is 50.6 Å². The quantitative estimate of drug-likeness (QED) is 0.815. The Hall–Kier alpha value is -1.27. The summed E-state index contributed by atoms with van der Waals surface area (Å²) in [5.41, 5.74) is 0.126. The maximum atomic E-state index is 12.9. The predicted molar refractivity (Wildman–Crippen MR) is 95.0 cm³/mol. The number of halogens is 3. The SMILES string of the molecule is CCCN1CCC[C@@H](N2CCN(c3cccc(C(F)(F)F)c3)CC2)C1. The number of hydrogen-bond acceptors (Lipinski definition) is 3. The van der Waals surface area contributed by atoms with E-state index in [2.05, 4.69) is 21.6 Å². The van der Waals surface area contributed by atoms with Gasteiger partial charge in [-0.2, -0.15) is 13.2 Å². The van der Waals surface area contributed by atoms with E-state index in [1.54, 1.807) is 6.07 Å². The second-order valence-electron chi connectivity index (χ2n) is 7.17. The minimum atomic E-state index is -4.28. The summed E-state index contributed by atoms with van der Waals surface area (Å²) in [5.74, 6) is 0. The van der Waals surface area contributed by atoms with Gasteiger partial charge in [-0.25, -0.2) is 0 Å². The molecule has 0 aromatic heterocycles. The molecule has 2 aliphatic rings. The molecular formula is C19H28F3N3. The Labute approximate surface area is 148 Å². The van der Waals surface area contributed by atoms with Gasteiger partial charge in [0.05, 0.1) is 5.56 Å². The molecule has 1 atom stereocenters. The maximum Gasteiger partial charge on any atom is 0.416 e. The van der Waals surface area contributed by atoms with Gasteiger partial charge in [0.2, 0.25) is 0 Å². The summed E-state index contributed by atoms with van der Waals surface area (Å²) in [4.78, 5) is 7.16. The van der Waals surface area contributed by atoms with E-state index < -0.39 is 11.7 Å². The number of nitrogens with zero attached hydrogens (tertiary/aromatic N) is 3. The highest BCUT2D eigenvalue weighted by atomic mass is 19.4. The fraction of sp³-hybridized carbons (Fsp3) is 0.684. The molecule has 3 nitrogen and oxygen atoms in total. The lowest BCUT2D eigenvalue weighted by atomic mass is 10.0. The van der Waals surface area contributed by atoms with Crippen molar-refractivity contribution < 1.29 is 13.2 Å². The van der Waals surface area contributed by atoms with Gasteiger partial charge in [0.1, 0.15) is 0 Å². The number of rotatable bonds is 4. The summed E-state index contributed by atoms with van der Waals surface area (Å²) in [5, 5.41) is 0. The first-order valence-electron chi connectivity index (χ1n) is 9.36. The van der Waals surface area contributed by atoms with Crippen LogP contribution in [0.1, 0.15) is 31.7 Å². The normalized spacial score (nSPS) is 23.8. The van der Waals surface area contributed by atoms with Crippen LogP contribution in [0.25, 0.3) is 0 Å². The van der Waals surface area contributed by atoms with Gasteiger partial charge in [0.15, 0.2) is 0 Å². The van der Waals surface area contributed by atoms with Gasteiger partial charge >= 0.3 is 6.18 Å². The molecule has 6 heteroatoms. The molecule has 3 rings (SSSR count). The van der Waals surface area contributed by atoms with Crippen molar-refractivity contribution in [2.75, 3.05) is 50.7 Å². The molecular weight excluding hydrogens is 327 g/mol. The van der Waals surface area contributed by atoms with E-state index in [9.17, 15) is 13.2 Å². The lowest BCUT2D eigenvalue weighted by Crippen LogP contribution is -2.55. The van der Waals surface area contributed by atoms with Crippen LogP contribution in [0.3, 0.4) is 0 Å². The minimum Gasteiger partial charge on any atom is -0.369 e. The number of anilines is 1. The predicted octanol–water partition coefficient (Wildman–Crippen LogP) is 3.70. The third-order valence-corrected chi connectivity index (χ3v) is 5.39. The zero-order valence-electron chi connectivity index (χ0n) is 14.9. The summed E-state index contributed by atoms with van der Waals surface area (Å²) in [6.45, 7) is 9.18. The molecule has 1 aromatic carbocycles. The second-order valence-corrected chi connectivity index (χ2v) is 7.17. The van der Waals surface area contributed by atoms with Crippen LogP contribution in [0.4, 0.5) is 18.9 Å². The van der Waals surface area contributed by atoms with Gasteiger partial charge in [-0.3, -0.25) is 4.90 Å². The number of benzene rings is 1. The van der Waals surface area contributed by atoms with Gasteiger partial charge in [-0.15, -0.1) is 0 Å². The zero-order chi connectivity index (χ0) is 17.9. The first-order chi connectivity index (χ1) is 12.0. The Morgan fingerprint density at radius 2 is 1.84 bits per heavy atom. The highest BCUT2D eigenvalue weighted by molar-refractivity contribution is 5.49. The number of piperazine rings is 1. The molecule has 2 saturated heterocycles. The fourth-order valence-electron chi connectivity index (χ4n) is 4.07. The molecule has 0 amide bonds. The van der Waals surface area contributed by atoms with Crippen molar-refractivity contribution in [3.05, 3.63) is 29.8 Å². The van der Waals surface area contributed by atoms with Crippen molar-refractivity contribution in [3.8, 4) is 0 Å². The van der Waals surface area contributed by atoms with Crippen molar-refractivity contribution in [2.24, 2.45) is 0 Å². The summed E-state index contributed by atoms with van der Waals surface area (Å²) in [6, 6.07) is 6.32. The van der Waals surface area contributed by atoms with Crippen LogP contribution in [0.15, 0.2) is 24.3 Å². The van der Waals surface area contributed by atoms with Crippen LogP contribution in [0, 0.1) is 0 Å². The molecule has 140 valence electrons. The van der Waals surface area contributed by atoms with Crippen LogP contribution in [-0.2, 0) is 6.18 Å². The van der Waals surface area contributed by atoms with Crippen molar-refractivity contribution in [2.45, 2.75) is 38.4 Å². The lowest BCUT2D eigenvalue weighted by molar-refractivity contribution is -0.137. The van der Waals surface area contributed by atoms with E-state index in [4.69, 9.17) is 0 Å². The number of likely N-dealkylation sites (tertiary alicyclic amines) is 1. The minimum absolute atomic E-state index is 0.560. The Balaban J connectivity index is 1.57. The smallest absolute Gasteiger partial charge is 0.369 e. The van der Waals surface area contributed by atoms with E-state index in [0.29, 0.717) is 11.7 Å². The lowest BCUT2D eigenvalue weighted by Gasteiger charge is -2.44. The van der Waals surface area contributed by atoms with Crippen LogP contribution < -0.4 is 4.90 Å². The Morgan fingerprint density at radius 1 is 1.08 bits per heavy atom. The molecule has 0 saturated carbocycles. The Bertz CT molecular complexity index is 551. The summed E-state index contributed by atoms with van der Waals surface area (Å²) < 4.78 is 38.7. The number of alkyl halides is 3. The monoisotopic (exact) mass is 355 g/mol. The molecule has 0 unspecified atom stereocenters. The van der Waals surface area contributed by atoms with E-state index in [1.165, 1.54) is 44.5 Å². The molecule has 0 spiro atoms. The summed E-state index contributed by atoms with van der Waals surface area (Å²) in [7, 11) is 0. The van der Waals surface area contributed by atoms with Crippen molar-refractivity contribution in [1.82, 2.24) is 9.80 Å². The van der Waals surface area contributed by atoms with Crippen molar-refractivity contribution in [3.63, 3.8) is 0 Å². The van der Waals surface area contributed by atoms with Gasteiger partial charge in [0, 0.05) is 44.5 Å². The number of hydrogen-bond donors (Lipinski definition) is 0. The van der Waals surface area contributed by atoms with E-state index in [0.717, 1.165) is 38.8 Å². The molecule has 0 radical (unpaired) electrons. The van der Waals surface area contributed by atoms with Crippen LogP contribution in [0.5, 0.6) is 0 Å². The van der Waals surface area contributed by atoms with Gasteiger partial charge in [-0.1, -0.05) is 13.0 Å². The average Bonchev–Trinajstić information content (AvgIpc) is 2.62. The van der Waals surface area contributed by atoms with Crippen LogP contribution in [-0.4, -0.2) is 61.7 Å². The van der Waals surface area contributed by atoms with Crippen molar-refractivity contribution >= 4 is 5.69 Å². The maximum absolute atomic E-state index is 12.9.